The predicted molar refractivity (Wildman–Crippen MR) is 117 cm³/mol. The van der Waals surface area contributed by atoms with Crippen molar-refractivity contribution in [2.45, 2.75) is 37.6 Å². The van der Waals surface area contributed by atoms with E-state index in [0.717, 1.165) is 44.5 Å². The summed E-state index contributed by atoms with van der Waals surface area (Å²) in [6, 6.07) is 17.1. The lowest BCUT2D eigenvalue weighted by molar-refractivity contribution is 0.0645. The van der Waals surface area contributed by atoms with Crippen molar-refractivity contribution in [1.82, 2.24) is 10.2 Å². The summed E-state index contributed by atoms with van der Waals surface area (Å²) < 4.78 is 6.02. The molecule has 6 nitrogen and oxygen atoms in total. The van der Waals surface area contributed by atoms with Crippen LogP contribution in [0.25, 0.3) is 0 Å². The van der Waals surface area contributed by atoms with Crippen LogP contribution >= 0.6 is 0 Å². The number of hydrogen-bond donors (Lipinski definition) is 1. The second kappa shape index (κ2) is 9.64. The number of benzene rings is 2. The van der Waals surface area contributed by atoms with Crippen molar-refractivity contribution < 1.29 is 9.53 Å². The van der Waals surface area contributed by atoms with Gasteiger partial charge in [-0.15, -0.1) is 0 Å². The summed E-state index contributed by atoms with van der Waals surface area (Å²) in [4.78, 5) is 14.7. The summed E-state index contributed by atoms with van der Waals surface area (Å²) >= 11 is 0. The van der Waals surface area contributed by atoms with Crippen LogP contribution in [0.1, 0.15) is 58.6 Å². The molecule has 0 bridgehead atoms. The largest absolute Gasteiger partial charge is 0.492 e. The van der Waals surface area contributed by atoms with Crippen LogP contribution in [-0.2, 0) is 0 Å². The molecule has 4 rings (SSSR count). The maximum atomic E-state index is 12.2. The highest BCUT2D eigenvalue weighted by Gasteiger charge is 2.37. The SMILES string of the molecule is N#Cc1ccc(C(=O)NCCCCN2CCCC3c4cc(C#N)ccc4OCC32)cc1. The number of piperidine rings is 1. The molecule has 1 fully saturated rings. The van der Waals surface area contributed by atoms with Gasteiger partial charge in [-0.3, -0.25) is 9.69 Å². The Hall–Kier alpha value is -3.35. The Morgan fingerprint density at radius 1 is 1.10 bits per heavy atom. The molecule has 0 aliphatic carbocycles. The van der Waals surface area contributed by atoms with Gasteiger partial charge in [0.2, 0.25) is 0 Å². The van der Waals surface area contributed by atoms with Gasteiger partial charge in [-0.2, -0.15) is 10.5 Å². The molecule has 2 unspecified atom stereocenters. The molecular formula is C25H26N4O2. The van der Waals surface area contributed by atoms with Crippen LogP contribution in [0, 0.1) is 22.7 Å². The molecule has 31 heavy (non-hydrogen) atoms. The number of likely N-dealkylation sites (tertiary alicyclic amines) is 1. The first-order valence-electron chi connectivity index (χ1n) is 10.9. The lowest BCUT2D eigenvalue weighted by Crippen LogP contribution is -2.49. The van der Waals surface area contributed by atoms with Gasteiger partial charge >= 0.3 is 0 Å². The van der Waals surface area contributed by atoms with E-state index in [9.17, 15) is 10.1 Å². The van der Waals surface area contributed by atoms with Crippen LogP contribution in [-0.4, -0.2) is 43.1 Å². The normalized spacial score (nSPS) is 19.8. The average Bonchev–Trinajstić information content (AvgIpc) is 2.83. The minimum Gasteiger partial charge on any atom is -0.492 e. The number of rotatable bonds is 6. The first kappa shape index (κ1) is 20.9. The van der Waals surface area contributed by atoms with Crippen molar-refractivity contribution in [3.63, 3.8) is 0 Å². The van der Waals surface area contributed by atoms with Gasteiger partial charge in [-0.25, -0.2) is 0 Å². The third kappa shape index (κ3) is 4.71. The molecule has 158 valence electrons. The number of nitrogens with zero attached hydrogens (tertiary/aromatic N) is 3. The van der Waals surface area contributed by atoms with Gasteiger partial charge in [-0.1, -0.05) is 0 Å². The van der Waals surface area contributed by atoms with E-state index < -0.39 is 0 Å². The fraction of sp³-hybridized carbons (Fsp3) is 0.400. The van der Waals surface area contributed by atoms with Crippen LogP contribution < -0.4 is 10.1 Å². The van der Waals surface area contributed by atoms with Gasteiger partial charge in [0.25, 0.3) is 5.91 Å². The highest BCUT2D eigenvalue weighted by Crippen LogP contribution is 2.41. The van der Waals surface area contributed by atoms with Crippen molar-refractivity contribution in [2.24, 2.45) is 0 Å². The third-order valence-corrected chi connectivity index (χ3v) is 6.28. The molecule has 2 aliphatic heterocycles. The van der Waals surface area contributed by atoms with Crippen LogP contribution in [0.15, 0.2) is 42.5 Å². The zero-order chi connectivity index (χ0) is 21.6. The van der Waals surface area contributed by atoms with Crippen molar-refractivity contribution in [2.75, 3.05) is 26.2 Å². The monoisotopic (exact) mass is 414 g/mol. The standard InChI is InChI=1S/C25H26N4O2/c26-15-18-5-8-20(9-6-18)25(30)28-11-1-2-12-29-13-3-4-21-22-14-19(16-27)7-10-24(22)31-17-23(21)29/h5-10,14,21,23H,1-4,11-13,17H2,(H,28,30). The molecule has 2 heterocycles. The molecule has 0 spiro atoms. The maximum absolute atomic E-state index is 12.2. The lowest BCUT2D eigenvalue weighted by atomic mass is 9.81. The molecule has 2 atom stereocenters. The van der Waals surface area contributed by atoms with Gasteiger partial charge in [0.05, 0.1) is 29.3 Å². The Morgan fingerprint density at radius 2 is 1.87 bits per heavy atom. The minimum absolute atomic E-state index is 0.104. The molecule has 2 aromatic carbocycles. The molecule has 1 amide bonds. The van der Waals surface area contributed by atoms with Crippen LogP contribution in [0.5, 0.6) is 5.75 Å². The van der Waals surface area contributed by atoms with Gasteiger partial charge in [0, 0.05) is 23.6 Å². The third-order valence-electron chi connectivity index (χ3n) is 6.28. The first-order chi connectivity index (χ1) is 15.2. The van der Waals surface area contributed by atoms with Gasteiger partial charge in [0.1, 0.15) is 12.4 Å². The van der Waals surface area contributed by atoms with E-state index in [1.54, 1.807) is 24.3 Å². The second-order valence-corrected chi connectivity index (χ2v) is 8.18. The van der Waals surface area contributed by atoms with Crippen molar-refractivity contribution in [3.8, 4) is 17.9 Å². The number of nitriles is 2. The van der Waals surface area contributed by atoms with Crippen LogP contribution in [0.4, 0.5) is 0 Å². The van der Waals surface area contributed by atoms with Crippen LogP contribution in [0.2, 0.25) is 0 Å². The van der Waals surface area contributed by atoms with Gasteiger partial charge in [0.15, 0.2) is 0 Å². The predicted octanol–water partition coefficient (Wildman–Crippen LogP) is 3.58. The van der Waals surface area contributed by atoms with E-state index in [1.807, 2.05) is 18.2 Å². The summed E-state index contributed by atoms with van der Waals surface area (Å²) in [5.41, 5.74) is 3.00. The van der Waals surface area contributed by atoms with Gasteiger partial charge < -0.3 is 10.1 Å². The number of amides is 1. The number of carbonyl (C=O) groups excluding carboxylic acids is 1. The average molecular weight is 415 g/mol. The summed E-state index contributed by atoms with van der Waals surface area (Å²) in [6.45, 7) is 3.37. The number of nitrogens with one attached hydrogen (secondary N) is 1. The number of carbonyl (C=O) groups is 1. The molecule has 0 aromatic heterocycles. The highest BCUT2D eigenvalue weighted by molar-refractivity contribution is 5.94. The second-order valence-electron chi connectivity index (χ2n) is 8.18. The zero-order valence-corrected chi connectivity index (χ0v) is 17.5. The number of ether oxygens (including phenoxy) is 1. The summed E-state index contributed by atoms with van der Waals surface area (Å²) in [5.74, 6) is 1.24. The van der Waals surface area contributed by atoms with E-state index >= 15 is 0 Å². The fourth-order valence-corrected chi connectivity index (χ4v) is 4.64. The summed E-state index contributed by atoms with van der Waals surface area (Å²) in [7, 11) is 0. The van der Waals surface area contributed by atoms with Crippen molar-refractivity contribution in [3.05, 3.63) is 64.7 Å². The Bertz CT molecular complexity index is 1020. The Kier molecular flexibility index (Phi) is 6.50. The Labute approximate surface area is 183 Å². The molecule has 1 saturated heterocycles. The minimum atomic E-state index is -0.104. The zero-order valence-electron chi connectivity index (χ0n) is 17.5. The van der Waals surface area contributed by atoms with Crippen molar-refractivity contribution >= 4 is 5.91 Å². The quantitative estimate of drug-likeness (QED) is 0.730. The molecule has 2 aromatic rings. The number of hydrogen-bond acceptors (Lipinski definition) is 5. The topological polar surface area (TPSA) is 89.2 Å². The smallest absolute Gasteiger partial charge is 0.251 e. The van der Waals surface area contributed by atoms with Crippen molar-refractivity contribution in [1.29, 1.82) is 10.5 Å². The van der Waals surface area contributed by atoms with Gasteiger partial charge in [-0.05, 0) is 81.2 Å². The molecular weight excluding hydrogens is 388 g/mol. The molecule has 0 radical (unpaired) electrons. The van der Waals surface area contributed by atoms with E-state index in [0.29, 0.717) is 41.8 Å². The van der Waals surface area contributed by atoms with E-state index in [4.69, 9.17) is 10.00 Å². The van der Waals surface area contributed by atoms with E-state index in [1.165, 1.54) is 5.56 Å². The maximum Gasteiger partial charge on any atom is 0.251 e. The molecule has 6 heteroatoms. The molecule has 2 aliphatic rings. The number of fused-ring (bicyclic) bond motifs is 3. The summed E-state index contributed by atoms with van der Waals surface area (Å²) in [6.07, 6.45) is 4.19. The Morgan fingerprint density at radius 3 is 2.65 bits per heavy atom. The van der Waals surface area contributed by atoms with Crippen LogP contribution in [0.3, 0.4) is 0 Å². The van der Waals surface area contributed by atoms with E-state index in [2.05, 4.69) is 22.4 Å². The molecule has 1 N–H and O–H groups in total. The fourth-order valence-electron chi connectivity index (χ4n) is 4.64. The van der Waals surface area contributed by atoms with E-state index in [-0.39, 0.29) is 5.91 Å². The highest BCUT2D eigenvalue weighted by atomic mass is 16.5. The lowest BCUT2D eigenvalue weighted by Gasteiger charge is -2.44. The summed E-state index contributed by atoms with van der Waals surface area (Å²) in [5, 5.41) is 21.0. The molecule has 0 saturated carbocycles. The first-order valence-corrected chi connectivity index (χ1v) is 10.9. The number of unbranched alkanes of at least 4 members (excludes halogenated alkanes) is 1. The Balaban J connectivity index is 1.26.